The smallest absolute Gasteiger partial charge is 0.255 e. The lowest BCUT2D eigenvalue weighted by Gasteiger charge is -2.36. The van der Waals surface area contributed by atoms with Gasteiger partial charge in [-0.1, -0.05) is 6.07 Å². The van der Waals surface area contributed by atoms with Gasteiger partial charge in [0.25, 0.3) is 5.91 Å². The van der Waals surface area contributed by atoms with Crippen molar-refractivity contribution in [2.45, 2.75) is 39.2 Å². The first-order valence-electron chi connectivity index (χ1n) is 11.1. The minimum absolute atomic E-state index is 0.00383. The molecule has 1 unspecified atom stereocenters. The molecule has 1 amide bonds. The predicted molar refractivity (Wildman–Crippen MR) is 131 cm³/mol. The molecule has 172 valence electrons. The van der Waals surface area contributed by atoms with E-state index in [9.17, 15) is 4.79 Å². The number of ether oxygens (including phenoxy) is 1. The van der Waals surface area contributed by atoms with Gasteiger partial charge in [-0.15, -0.1) is 0 Å². The van der Waals surface area contributed by atoms with Crippen molar-refractivity contribution in [3.05, 3.63) is 46.8 Å². The van der Waals surface area contributed by atoms with Gasteiger partial charge in [-0.05, 0) is 51.3 Å². The van der Waals surface area contributed by atoms with Crippen molar-refractivity contribution in [2.75, 3.05) is 17.9 Å². The molecule has 1 aromatic carbocycles. The van der Waals surface area contributed by atoms with Crippen molar-refractivity contribution < 1.29 is 9.53 Å². The maximum Gasteiger partial charge on any atom is 0.255 e. The number of anilines is 1. The van der Waals surface area contributed by atoms with Crippen LogP contribution in [0.4, 0.5) is 5.69 Å². The van der Waals surface area contributed by atoms with Gasteiger partial charge >= 0.3 is 0 Å². The van der Waals surface area contributed by atoms with E-state index in [0.29, 0.717) is 30.3 Å². The molecule has 10 heteroatoms. The van der Waals surface area contributed by atoms with Crippen molar-refractivity contribution in [1.29, 1.82) is 0 Å². The van der Waals surface area contributed by atoms with Crippen molar-refractivity contribution in [3.63, 3.8) is 0 Å². The van der Waals surface area contributed by atoms with Crippen LogP contribution in [0, 0.1) is 13.8 Å². The molecule has 2 aromatic heterocycles. The van der Waals surface area contributed by atoms with Crippen molar-refractivity contribution in [2.24, 2.45) is 17.2 Å². The number of pyridine rings is 1. The fourth-order valence-corrected chi connectivity index (χ4v) is 5.19. The lowest BCUT2D eigenvalue weighted by molar-refractivity contribution is 0.0530. The standard InChI is InChI=1S/C23H27N7O2S/c1-13-11-16(19-14(2)26-29(3)22(19)25-13)23(31)30-10-5-4-7-15(30)12-32-18-9-6-8-17-20(18)21(24)28-33-27-17/h6,8-9,11,15,27H,4-5,7,10,12H2,1-3H3,(H2,24,28). The van der Waals surface area contributed by atoms with E-state index in [1.165, 1.54) is 12.1 Å². The topological polar surface area (TPSA) is 111 Å². The second-order valence-electron chi connectivity index (χ2n) is 8.53. The largest absolute Gasteiger partial charge is 0.491 e. The second-order valence-corrected chi connectivity index (χ2v) is 9.10. The number of nitrogens with zero attached hydrogens (tertiary/aromatic N) is 5. The third-order valence-electron chi connectivity index (χ3n) is 6.23. The van der Waals surface area contributed by atoms with Gasteiger partial charge in [0.05, 0.1) is 46.1 Å². The van der Waals surface area contributed by atoms with Crippen LogP contribution >= 0.6 is 12.1 Å². The number of nitrogens with one attached hydrogen (secondary N) is 1. The number of carbonyl (C=O) groups is 1. The summed E-state index contributed by atoms with van der Waals surface area (Å²) in [5.74, 6) is 1.11. The molecule has 2 aliphatic rings. The number of hydrogen-bond donors (Lipinski definition) is 2. The average Bonchev–Trinajstić information content (AvgIpc) is 3.10. The molecule has 0 spiro atoms. The molecule has 3 aromatic rings. The zero-order chi connectivity index (χ0) is 23.1. The van der Waals surface area contributed by atoms with Crippen LogP contribution in [0.5, 0.6) is 5.75 Å². The highest BCUT2D eigenvalue weighted by Crippen LogP contribution is 2.33. The summed E-state index contributed by atoms with van der Waals surface area (Å²) in [4.78, 5) is 20.3. The maximum atomic E-state index is 13.8. The summed E-state index contributed by atoms with van der Waals surface area (Å²) in [7, 11) is 1.86. The zero-order valence-electron chi connectivity index (χ0n) is 19.0. The molecule has 1 atom stereocenters. The van der Waals surface area contributed by atoms with Crippen LogP contribution in [0.2, 0.25) is 0 Å². The average molecular weight is 466 g/mol. The van der Waals surface area contributed by atoms with Crippen LogP contribution in [-0.2, 0) is 7.05 Å². The van der Waals surface area contributed by atoms with Crippen LogP contribution in [0.3, 0.4) is 0 Å². The van der Waals surface area contributed by atoms with Crippen LogP contribution in [0.15, 0.2) is 28.7 Å². The molecule has 3 N–H and O–H groups in total. The summed E-state index contributed by atoms with van der Waals surface area (Å²) >= 11 is 1.20. The third-order valence-corrected chi connectivity index (χ3v) is 6.83. The number of piperidine rings is 1. The van der Waals surface area contributed by atoms with Gasteiger partial charge in [-0.3, -0.25) is 9.48 Å². The number of benzene rings is 1. The molecule has 1 fully saturated rings. The maximum absolute atomic E-state index is 13.8. The molecule has 0 aliphatic carbocycles. The highest BCUT2D eigenvalue weighted by atomic mass is 32.2. The first-order valence-corrected chi connectivity index (χ1v) is 11.8. The number of likely N-dealkylation sites (tertiary alicyclic amines) is 1. The van der Waals surface area contributed by atoms with E-state index in [-0.39, 0.29) is 11.9 Å². The highest BCUT2D eigenvalue weighted by molar-refractivity contribution is 7.99. The number of fused-ring (bicyclic) bond motifs is 2. The Labute approximate surface area is 196 Å². The van der Waals surface area contributed by atoms with Gasteiger partial charge in [0.2, 0.25) is 0 Å². The van der Waals surface area contributed by atoms with Crippen LogP contribution in [0.25, 0.3) is 11.0 Å². The van der Waals surface area contributed by atoms with Crippen molar-refractivity contribution in [3.8, 4) is 5.75 Å². The number of aryl methyl sites for hydroxylation is 3. The molecule has 4 heterocycles. The Balaban J connectivity index is 1.43. The fourth-order valence-electron chi connectivity index (χ4n) is 4.69. The number of rotatable bonds is 4. The van der Waals surface area contributed by atoms with Crippen LogP contribution in [0.1, 0.15) is 46.6 Å². The lowest BCUT2D eigenvalue weighted by atomic mass is 10.00. The van der Waals surface area contributed by atoms with Crippen molar-refractivity contribution in [1.82, 2.24) is 19.7 Å². The van der Waals surface area contributed by atoms with Gasteiger partial charge in [0.1, 0.15) is 18.2 Å². The van der Waals surface area contributed by atoms with E-state index in [2.05, 4.69) is 19.2 Å². The molecule has 2 aliphatic heterocycles. The quantitative estimate of drug-likeness (QED) is 0.569. The normalized spacial score (nSPS) is 18.0. The monoisotopic (exact) mass is 465 g/mol. The second kappa shape index (κ2) is 8.58. The minimum Gasteiger partial charge on any atom is -0.491 e. The third kappa shape index (κ3) is 3.88. The lowest BCUT2D eigenvalue weighted by Crippen LogP contribution is -2.46. The van der Waals surface area contributed by atoms with E-state index in [1.54, 1.807) is 4.68 Å². The first-order chi connectivity index (χ1) is 15.9. The fraction of sp³-hybridized carbons (Fsp3) is 0.391. The Morgan fingerprint density at radius 3 is 3.03 bits per heavy atom. The molecule has 0 radical (unpaired) electrons. The Hall–Kier alpha value is -3.27. The summed E-state index contributed by atoms with van der Waals surface area (Å²) in [6.45, 7) is 4.92. The van der Waals surface area contributed by atoms with E-state index >= 15 is 0 Å². The zero-order valence-corrected chi connectivity index (χ0v) is 19.8. The molecule has 9 nitrogen and oxygen atoms in total. The number of aromatic nitrogens is 3. The molecule has 0 saturated carbocycles. The van der Waals surface area contributed by atoms with Gasteiger partial charge in [-0.25, -0.2) is 4.98 Å². The van der Waals surface area contributed by atoms with Gasteiger partial charge in [-0.2, -0.15) is 9.50 Å². The minimum atomic E-state index is -0.0355. The SMILES string of the molecule is Cc1cc(C(=O)N2CCCCC2COc2cccc3c2C(N)=NSN3)c2c(C)nn(C)c2n1. The van der Waals surface area contributed by atoms with E-state index < -0.39 is 0 Å². The van der Waals surface area contributed by atoms with E-state index in [1.807, 2.05) is 50.1 Å². The Morgan fingerprint density at radius 2 is 2.18 bits per heavy atom. The van der Waals surface area contributed by atoms with E-state index in [4.69, 9.17) is 10.5 Å². The summed E-state index contributed by atoms with van der Waals surface area (Å²) in [5.41, 5.74) is 10.8. The number of nitrogens with two attached hydrogens (primary N) is 1. The molecule has 0 bridgehead atoms. The number of amidine groups is 1. The summed E-state index contributed by atoms with van der Waals surface area (Å²) in [6.07, 6.45) is 2.92. The Bertz CT molecular complexity index is 1270. The summed E-state index contributed by atoms with van der Waals surface area (Å²) in [5, 5.41) is 5.31. The molecule has 5 rings (SSSR count). The highest BCUT2D eigenvalue weighted by Gasteiger charge is 2.31. The molecular formula is C23H27N7O2S. The summed E-state index contributed by atoms with van der Waals surface area (Å²) in [6, 6.07) is 7.60. The molecular weight excluding hydrogens is 438 g/mol. The summed E-state index contributed by atoms with van der Waals surface area (Å²) < 4.78 is 15.3. The van der Waals surface area contributed by atoms with Gasteiger partial charge in [0, 0.05) is 19.3 Å². The van der Waals surface area contributed by atoms with Gasteiger partial charge in [0.15, 0.2) is 5.65 Å². The van der Waals surface area contributed by atoms with Crippen LogP contribution < -0.4 is 15.2 Å². The molecule has 33 heavy (non-hydrogen) atoms. The Morgan fingerprint density at radius 1 is 1.33 bits per heavy atom. The Kier molecular flexibility index (Phi) is 5.61. The number of amides is 1. The van der Waals surface area contributed by atoms with Gasteiger partial charge < -0.3 is 20.1 Å². The number of carbonyl (C=O) groups excluding carboxylic acids is 1. The number of hydrogen-bond acceptors (Lipinski definition) is 8. The predicted octanol–water partition coefficient (Wildman–Crippen LogP) is 3.35. The van der Waals surface area contributed by atoms with E-state index in [0.717, 1.165) is 52.9 Å². The van der Waals surface area contributed by atoms with Crippen molar-refractivity contribution >= 4 is 40.6 Å². The van der Waals surface area contributed by atoms with Crippen LogP contribution in [-0.4, -0.2) is 50.6 Å². The first kappa shape index (κ1) is 21.6. The molecule has 1 saturated heterocycles.